The number of cyclic esters (lactones) is 2. The van der Waals surface area contributed by atoms with E-state index in [1.54, 1.807) is 6.92 Å². The van der Waals surface area contributed by atoms with E-state index >= 15 is 0 Å². The summed E-state index contributed by atoms with van der Waals surface area (Å²) in [6, 6.07) is 0. The maximum absolute atomic E-state index is 12.9. The largest absolute Gasteiger partial charge is 0.480 e. The van der Waals surface area contributed by atoms with Gasteiger partial charge in [-0.1, -0.05) is 36.5 Å². The predicted octanol–water partition coefficient (Wildman–Crippen LogP) is 3.42. The smallest absolute Gasteiger partial charge is 0.348 e. The zero-order chi connectivity index (χ0) is 45.3. The first-order chi connectivity index (χ1) is 29.3. The second-order valence-corrected chi connectivity index (χ2v) is 14.1. The normalized spacial score (nSPS) is 27.8. The van der Waals surface area contributed by atoms with Gasteiger partial charge in [-0.15, -0.1) is 0 Å². The highest BCUT2D eigenvalue weighted by Gasteiger charge is 2.57. The minimum atomic E-state index is -1.74. The van der Waals surface area contributed by atoms with Gasteiger partial charge in [0, 0.05) is 52.4 Å². The molecule has 62 heavy (non-hydrogen) atoms. The molecule has 3 N–H and O–H groups in total. The first-order valence-electron chi connectivity index (χ1n) is 18.7. The Labute approximate surface area is 350 Å². The minimum absolute atomic E-state index is 0.0768. The lowest BCUT2D eigenvalue weighted by molar-refractivity contribution is -0.462. The lowest BCUT2D eigenvalue weighted by Gasteiger charge is -2.45. The summed E-state index contributed by atoms with van der Waals surface area (Å²) in [4.78, 5) is 103. The van der Waals surface area contributed by atoms with Crippen LogP contribution in [-0.2, 0) is 90.9 Å². The molecular weight excluding hydrogens is 832 g/mol. The molecule has 0 amide bonds. The molecule has 0 aromatic rings. The number of ether oxygens (including phenoxy) is 9. The lowest BCUT2D eigenvalue weighted by atomic mass is 9.87. The van der Waals surface area contributed by atoms with Crippen molar-refractivity contribution >= 4 is 47.8 Å². The number of aliphatic hydroxyl groups excluding tert-OH is 2. The molecular formula is C40H40O22. The highest BCUT2D eigenvalue weighted by molar-refractivity contribution is 6.16. The monoisotopic (exact) mass is 872 g/mol. The number of carbonyl (C=O) groups excluding carboxylic acids is 8. The Balaban J connectivity index is 1.11. The number of allylic oxidation sites excluding steroid dienone is 8. The van der Waals surface area contributed by atoms with Crippen LogP contribution in [0.5, 0.6) is 0 Å². The van der Waals surface area contributed by atoms with E-state index < -0.39 is 106 Å². The Morgan fingerprint density at radius 3 is 1.31 bits per heavy atom. The van der Waals surface area contributed by atoms with E-state index in [1.807, 2.05) is 0 Å². The van der Waals surface area contributed by atoms with Crippen molar-refractivity contribution in [3.05, 3.63) is 94.9 Å². The Bertz CT molecular complexity index is 1940. The average molecular weight is 873 g/mol. The highest BCUT2D eigenvalue weighted by atomic mass is 17.5. The highest BCUT2D eigenvalue weighted by Crippen LogP contribution is 2.45. The van der Waals surface area contributed by atoms with Crippen LogP contribution in [0.2, 0.25) is 0 Å². The predicted molar refractivity (Wildman–Crippen MR) is 196 cm³/mol. The van der Waals surface area contributed by atoms with E-state index in [1.165, 1.54) is 50.3 Å². The molecule has 5 aliphatic rings. The first-order valence-corrected chi connectivity index (χ1v) is 18.7. The van der Waals surface area contributed by atoms with Crippen LogP contribution in [0.25, 0.3) is 0 Å². The molecule has 1 saturated carbocycles. The lowest BCUT2D eigenvalue weighted by Crippen LogP contribution is -2.56. The van der Waals surface area contributed by atoms with Gasteiger partial charge in [-0.3, -0.25) is 9.68 Å². The molecule has 2 atom stereocenters. The van der Waals surface area contributed by atoms with Crippen LogP contribution >= 0.6 is 0 Å². The maximum Gasteiger partial charge on any atom is 0.348 e. The van der Waals surface area contributed by atoms with Crippen molar-refractivity contribution in [3.63, 3.8) is 0 Å². The molecule has 0 aromatic heterocycles. The maximum atomic E-state index is 12.9. The molecule has 332 valence electrons. The topological polar surface area (TPSA) is 299 Å². The van der Waals surface area contributed by atoms with Gasteiger partial charge < -0.3 is 52.8 Å². The number of rotatable bonds is 14. The van der Waals surface area contributed by atoms with Crippen LogP contribution in [-0.4, -0.2) is 93.0 Å². The minimum Gasteiger partial charge on any atom is -0.480 e. The summed E-state index contributed by atoms with van der Waals surface area (Å²) < 4.78 is 47.7. The number of hydrogen-bond donors (Lipinski definition) is 3. The SMILES string of the molecule is CCOC(=O)CCC1(C)OC(=O)C(C=CC=CC=C2C(=O)OC3(CCC4(CC3)OC(=O)C(=C/C=C/C=C/C3=C(O)OC(C)(CCC(=O)OOO)OC3=O)C(=O)O4)OC2=O)=C(O)O1. The zero-order valence-corrected chi connectivity index (χ0v) is 33.2. The van der Waals surface area contributed by atoms with Crippen molar-refractivity contribution in [1.82, 2.24) is 0 Å². The number of carbonyl (C=O) groups is 8. The molecule has 3 fully saturated rings. The van der Waals surface area contributed by atoms with E-state index in [0.29, 0.717) is 0 Å². The first kappa shape index (κ1) is 45.9. The quantitative estimate of drug-likeness (QED) is 0.0428. The second-order valence-electron chi connectivity index (χ2n) is 14.1. The van der Waals surface area contributed by atoms with Crippen molar-refractivity contribution in [3.8, 4) is 0 Å². The van der Waals surface area contributed by atoms with Gasteiger partial charge in [-0.25, -0.2) is 38.8 Å². The van der Waals surface area contributed by atoms with E-state index in [9.17, 15) is 48.6 Å². The van der Waals surface area contributed by atoms with Crippen LogP contribution < -0.4 is 0 Å². The molecule has 4 heterocycles. The molecule has 2 spiro atoms. The van der Waals surface area contributed by atoms with E-state index in [-0.39, 0.29) is 57.1 Å². The summed E-state index contributed by atoms with van der Waals surface area (Å²) in [7, 11) is 0. The summed E-state index contributed by atoms with van der Waals surface area (Å²) in [5.41, 5.74) is -1.68. The van der Waals surface area contributed by atoms with E-state index in [4.69, 9.17) is 47.9 Å². The van der Waals surface area contributed by atoms with Crippen LogP contribution in [0.1, 0.15) is 72.1 Å². The van der Waals surface area contributed by atoms with E-state index in [0.717, 1.165) is 24.3 Å². The Morgan fingerprint density at radius 2 is 0.952 bits per heavy atom. The number of aliphatic hydroxyl groups is 2. The van der Waals surface area contributed by atoms with Gasteiger partial charge >= 0.3 is 47.8 Å². The van der Waals surface area contributed by atoms with Gasteiger partial charge in [0.05, 0.1) is 19.4 Å². The molecule has 0 aromatic carbocycles. The summed E-state index contributed by atoms with van der Waals surface area (Å²) in [6.07, 6.45) is 10.4. The standard InChI is InChI=1S/C40H40O22/c1-4-52-27(41)15-17-37(2)53-29(43)23(30(44)54-37)11-7-5-9-13-25-33(47)57-39(58-34(25)48)19-21-40(22-20-39)59-35(49)26(36(50)60-40)14-10-6-8-12-24-31(45)55-38(3,56-32(24)46)18-16-28(42)61-62-51/h5-14,43,45,51H,4,15-22H2,1-3H3/b9-5?,10-6+,11-7?,12-8+,25-13?,26-14?. The Hall–Kier alpha value is -7.20. The van der Waals surface area contributed by atoms with Crippen LogP contribution in [0.15, 0.2) is 94.9 Å². The van der Waals surface area contributed by atoms with Crippen molar-refractivity contribution in [2.24, 2.45) is 0 Å². The zero-order valence-electron chi connectivity index (χ0n) is 33.2. The fourth-order valence-electron chi connectivity index (χ4n) is 6.23. The third-order valence-corrected chi connectivity index (χ3v) is 9.41. The number of hydrogen-bond acceptors (Lipinski definition) is 22. The van der Waals surface area contributed by atoms with Crippen molar-refractivity contribution in [2.45, 2.75) is 95.3 Å². The molecule has 2 unspecified atom stereocenters. The van der Waals surface area contributed by atoms with Crippen molar-refractivity contribution in [2.75, 3.05) is 6.61 Å². The fourth-order valence-corrected chi connectivity index (χ4v) is 6.23. The molecule has 0 bridgehead atoms. The second kappa shape index (κ2) is 19.0. The summed E-state index contributed by atoms with van der Waals surface area (Å²) >= 11 is 0. The summed E-state index contributed by atoms with van der Waals surface area (Å²) in [5.74, 6) is -15.9. The van der Waals surface area contributed by atoms with Crippen LogP contribution in [0.4, 0.5) is 0 Å². The molecule has 5 rings (SSSR count). The molecule has 2 saturated heterocycles. The summed E-state index contributed by atoms with van der Waals surface area (Å²) in [6.45, 7) is 4.45. The molecule has 0 radical (unpaired) electrons. The van der Waals surface area contributed by atoms with Crippen molar-refractivity contribution in [1.29, 1.82) is 0 Å². The van der Waals surface area contributed by atoms with Gasteiger partial charge in [-0.05, 0) is 36.3 Å². The van der Waals surface area contributed by atoms with E-state index in [2.05, 4.69) is 9.93 Å². The average Bonchev–Trinajstić information content (AvgIpc) is 3.18. The molecule has 22 heteroatoms. The molecule has 22 nitrogen and oxygen atoms in total. The summed E-state index contributed by atoms with van der Waals surface area (Å²) in [5, 5.41) is 31.9. The van der Waals surface area contributed by atoms with Crippen LogP contribution in [0.3, 0.4) is 0 Å². The molecule has 1 aliphatic carbocycles. The Morgan fingerprint density at radius 1 is 0.565 bits per heavy atom. The fraction of sp³-hybridized carbons (Fsp3) is 0.400. The van der Waals surface area contributed by atoms with Crippen LogP contribution in [0, 0.1) is 0 Å². The third kappa shape index (κ3) is 11.1. The molecule has 4 aliphatic heterocycles. The van der Waals surface area contributed by atoms with Gasteiger partial charge in [0.25, 0.3) is 35.0 Å². The van der Waals surface area contributed by atoms with Gasteiger partial charge in [-0.2, -0.15) is 0 Å². The van der Waals surface area contributed by atoms with Gasteiger partial charge in [0.2, 0.25) is 0 Å². The van der Waals surface area contributed by atoms with Gasteiger partial charge in [0.15, 0.2) is 0 Å². The van der Waals surface area contributed by atoms with Gasteiger partial charge in [0.1, 0.15) is 22.3 Å². The number of esters is 7. The third-order valence-electron chi connectivity index (χ3n) is 9.41. The van der Waals surface area contributed by atoms with Crippen molar-refractivity contribution < 1.29 is 106 Å². The Kier molecular flexibility index (Phi) is 14.1.